The molecule has 0 radical (unpaired) electrons. The summed E-state index contributed by atoms with van der Waals surface area (Å²) in [6.45, 7) is 3.17. The van der Waals surface area contributed by atoms with E-state index >= 15 is 0 Å². The number of anilines is 1. The van der Waals surface area contributed by atoms with E-state index in [9.17, 15) is 9.59 Å². The van der Waals surface area contributed by atoms with Gasteiger partial charge in [0.05, 0.1) is 11.9 Å². The second kappa shape index (κ2) is 6.82. The second-order valence-corrected chi connectivity index (χ2v) is 6.84. The van der Waals surface area contributed by atoms with Crippen LogP contribution >= 0.6 is 0 Å². The fraction of sp³-hybridized carbons (Fsp3) is 0.421. The summed E-state index contributed by atoms with van der Waals surface area (Å²) in [5.41, 5.74) is 1.86. The number of hydrogen-bond donors (Lipinski definition) is 1. The first-order valence-electron chi connectivity index (χ1n) is 8.97. The number of H-pyrrole nitrogens is 1. The van der Waals surface area contributed by atoms with Crippen molar-refractivity contribution in [3.63, 3.8) is 0 Å². The molecule has 136 valence electrons. The molecule has 3 heterocycles. The monoisotopic (exact) mass is 354 g/mol. The Morgan fingerprint density at radius 1 is 1.31 bits per heavy atom. The molecule has 1 fully saturated rings. The summed E-state index contributed by atoms with van der Waals surface area (Å²) in [7, 11) is 0. The third-order valence-electron chi connectivity index (χ3n) is 5.21. The molecule has 7 heteroatoms. The van der Waals surface area contributed by atoms with Crippen LogP contribution in [-0.4, -0.2) is 52.6 Å². The van der Waals surface area contributed by atoms with Gasteiger partial charge >= 0.3 is 0 Å². The summed E-state index contributed by atoms with van der Waals surface area (Å²) in [4.78, 5) is 28.7. The third-order valence-corrected chi connectivity index (χ3v) is 5.21. The van der Waals surface area contributed by atoms with Gasteiger partial charge in [-0.15, -0.1) is 0 Å². The van der Waals surface area contributed by atoms with Crippen molar-refractivity contribution >= 4 is 17.5 Å². The van der Waals surface area contributed by atoms with Gasteiger partial charge in [0.1, 0.15) is 12.3 Å². The number of nitrogens with one attached hydrogen (secondary N) is 1. The molecule has 26 heavy (non-hydrogen) atoms. The zero-order valence-corrected chi connectivity index (χ0v) is 14.7. The van der Waals surface area contributed by atoms with Crippen LogP contribution < -0.4 is 9.64 Å². The first-order chi connectivity index (χ1) is 12.6. The average molecular weight is 354 g/mol. The van der Waals surface area contributed by atoms with Crippen LogP contribution in [0.25, 0.3) is 0 Å². The fourth-order valence-electron chi connectivity index (χ4n) is 3.70. The molecule has 1 aromatic heterocycles. The van der Waals surface area contributed by atoms with Gasteiger partial charge in [-0.1, -0.05) is 12.1 Å². The predicted octanol–water partition coefficient (Wildman–Crippen LogP) is 1.93. The molecule has 0 bridgehead atoms. The molecular formula is C19H22N4O3. The summed E-state index contributed by atoms with van der Waals surface area (Å²) >= 11 is 0. The normalized spacial score (nSPS) is 20.7. The van der Waals surface area contributed by atoms with E-state index < -0.39 is 6.10 Å². The number of likely N-dealkylation sites (tertiary alicyclic amines) is 1. The Morgan fingerprint density at radius 3 is 2.81 bits per heavy atom. The van der Waals surface area contributed by atoms with Crippen molar-refractivity contribution in [3.8, 4) is 5.75 Å². The van der Waals surface area contributed by atoms with E-state index in [1.807, 2.05) is 41.6 Å². The van der Waals surface area contributed by atoms with Gasteiger partial charge in [-0.3, -0.25) is 19.6 Å². The number of amides is 2. The van der Waals surface area contributed by atoms with Crippen molar-refractivity contribution < 1.29 is 14.3 Å². The van der Waals surface area contributed by atoms with Crippen molar-refractivity contribution in [2.45, 2.75) is 31.8 Å². The van der Waals surface area contributed by atoms with E-state index in [-0.39, 0.29) is 18.4 Å². The van der Waals surface area contributed by atoms with E-state index in [4.69, 9.17) is 4.74 Å². The van der Waals surface area contributed by atoms with Crippen molar-refractivity contribution in [2.24, 2.45) is 0 Å². The smallest absolute Gasteiger partial charge is 0.268 e. The first-order valence-corrected chi connectivity index (χ1v) is 8.97. The van der Waals surface area contributed by atoms with Gasteiger partial charge in [0, 0.05) is 19.3 Å². The highest BCUT2D eigenvalue weighted by Gasteiger charge is 2.34. The second-order valence-electron chi connectivity index (χ2n) is 6.84. The van der Waals surface area contributed by atoms with Crippen LogP contribution in [0.2, 0.25) is 0 Å². The lowest BCUT2D eigenvalue weighted by Gasteiger charge is -2.36. The standard InChI is InChI=1S/C19H22N4O3/c1-13-19(25)23(16-4-2-3-5-17(16)26-13)12-18(24)22-8-6-14(7-9-22)15-10-20-21-11-15/h2-5,10-11,13-14H,6-9,12H2,1H3,(H,20,21). The van der Waals surface area contributed by atoms with Crippen molar-refractivity contribution in [1.82, 2.24) is 15.1 Å². The van der Waals surface area contributed by atoms with Gasteiger partial charge in [0.25, 0.3) is 5.91 Å². The van der Waals surface area contributed by atoms with Crippen LogP contribution in [0.1, 0.15) is 31.2 Å². The highest BCUT2D eigenvalue weighted by atomic mass is 16.5. The van der Waals surface area contributed by atoms with E-state index in [0.29, 0.717) is 30.4 Å². The number of hydrogen-bond acceptors (Lipinski definition) is 4. The lowest BCUT2D eigenvalue weighted by Crippen LogP contribution is -2.50. The lowest BCUT2D eigenvalue weighted by atomic mass is 9.91. The molecule has 0 aliphatic carbocycles. The molecule has 2 aliphatic rings. The third kappa shape index (κ3) is 3.05. The number of rotatable bonds is 3. The van der Waals surface area contributed by atoms with Gasteiger partial charge in [0.15, 0.2) is 6.10 Å². The largest absolute Gasteiger partial charge is 0.479 e. The van der Waals surface area contributed by atoms with Gasteiger partial charge in [-0.25, -0.2) is 0 Å². The average Bonchev–Trinajstić information content (AvgIpc) is 3.20. The summed E-state index contributed by atoms with van der Waals surface area (Å²) in [6, 6.07) is 7.35. The van der Waals surface area contributed by atoms with Crippen LogP contribution in [0.15, 0.2) is 36.7 Å². The maximum absolute atomic E-state index is 12.8. The molecule has 1 aromatic carbocycles. The van der Waals surface area contributed by atoms with Crippen molar-refractivity contribution in [3.05, 3.63) is 42.2 Å². The van der Waals surface area contributed by atoms with Crippen molar-refractivity contribution in [1.29, 1.82) is 0 Å². The maximum Gasteiger partial charge on any atom is 0.268 e. The Balaban J connectivity index is 1.43. The summed E-state index contributed by atoms with van der Waals surface area (Å²) in [6.07, 6.45) is 5.02. The molecule has 4 rings (SSSR count). The maximum atomic E-state index is 12.8. The number of ether oxygens (including phenoxy) is 1. The number of carbonyl (C=O) groups is 2. The Labute approximate surface area is 151 Å². The summed E-state index contributed by atoms with van der Waals surface area (Å²) in [5, 5.41) is 6.85. The predicted molar refractivity (Wildman–Crippen MR) is 96.0 cm³/mol. The van der Waals surface area contributed by atoms with E-state index in [1.165, 1.54) is 5.56 Å². The molecule has 2 amide bonds. The molecule has 1 saturated heterocycles. The SMILES string of the molecule is CC1Oc2ccccc2N(CC(=O)N2CCC(c3cn[nH]c3)CC2)C1=O. The Hall–Kier alpha value is -2.83. The topological polar surface area (TPSA) is 78.5 Å². The zero-order valence-electron chi connectivity index (χ0n) is 14.7. The number of carbonyl (C=O) groups excluding carboxylic acids is 2. The minimum Gasteiger partial charge on any atom is -0.479 e. The molecule has 1 unspecified atom stereocenters. The molecule has 2 aromatic rings. The van der Waals surface area contributed by atoms with Crippen LogP contribution in [0.5, 0.6) is 5.75 Å². The lowest BCUT2D eigenvalue weighted by molar-refractivity contribution is -0.133. The number of fused-ring (bicyclic) bond motifs is 1. The fourth-order valence-corrected chi connectivity index (χ4v) is 3.70. The van der Waals surface area contributed by atoms with Crippen LogP contribution in [0.3, 0.4) is 0 Å². The molecule has 0 saturated carbocycles. The van der Waals surface area contributed by atoms with Gasteiger partial charge in [0.2, 0.25) is 5.91 Å². The molecular weight excluding hydrogens is 332 g/mol. The van der Waals surface area contributed by atoms with E-state index in [1.54, 1.807) is 11.8 Å². The quantitative estimate of drug-likeness (QED) is 0.913. The Kier molecular flexibility index (Phi) is 4.36. The summed E-state index contributed by atoms with van der Waals surface area (Å²) in [5.74, 6) is 0.882. The zero-order chi connectivity index (χ0) is 18.1. The van der Waals surface area contributed by atoms with Crippen LogP contribution in [0, 0.1) is 0 Å². The number of nitrogens with zero attached hydrogens (tertiary/aromatic N) is 3. The minimum atomic E-state index is -0.579. The van der Waals surface area contributed by atoms with Gasteiger partial charge in [-0.2, -0.15) is 5.10 Å². The minimum absolute atomic E-state index is 0.0205. The molecule has 7 nitrogen and oxygen atoms in total. The molecule has 1 atom stereocenters. The Morgan fingerprint density at radius 2 is 2.08 bits per heavy atom. The number of para-hydroxylation sites is 2. The highest BCUT2D eigenvalue weighted by Crippen LogP contribution is 2.34. The number of aromatic amines is 1. The Bertz CT molecular complexity index is 797. The van der Waals surface area contributed by atoms with Gasteiger partial charge in [-0.05, 0) is 43.4 Å². The number of piperidine rings is 1. The van der Waals surface area contributed by atoms with Gasteiger partial charge < -0.3 is 9.64 Å². The van der Waals surface area contributed by atoms with E-state index in [2.05, 4.69) is 10.2 Å². The van der Waals surface area contributed by atoms with Crippen molar-refractivity contribution in [2.75, 3.05) is 24.5 Å². The van der Waals surface area contributed by atoms with Crippen LogP contribution in [0.4, 0.5) is 5.69 Å². The summed E-state index contributed by atoms with van der Waals surface area (Å²) < 4.78 is 5.63. The first kappa shape index (κ1) is 16.6. The number of aromatic nitrogens is 2. The number of benzene rings is 1. The van der Waals surface area contributed by atoms with E-state index in [0.717, 1.165) is 12.8 Å². The highest BCUT2D eigenvalue weighted by molar-refractivity contribution is 6.03. The van der Waals surface area contributed by atoms with Crippen LogP contribution in [-0.2, 0) is 9.59 Å². The molecule has 2 aliphatic heterocycles. The molecule has 0 spiro atoms. The molecule has 1 N–H and O–H groups in total.